The Labute approximate surface area is 244 Å². The summed E-state index contributed by atoms with van der Waals surface area (Å²) in [5.74, 6) is 2.32. The van der Waals surface area contributed by atoms with Crippen LogP contribution in [0.5, 0.6) is 11.5 Å². The second-order valence-electron chi connectivity index (χ2n) is 11.8. The van der Waals surface area contributed by atoms with E-state index in [2.05, 4.69) is 81.4 Å². The normalized spacial score (nSPS) is 18.2. The molecule has 0 unspecified atom stereocenters. The Morgan fingerprint density at radius 1 is 0.780 bits per heavy atom. The lowest BCUT2D eigenvalue weighted by molar-refractivity contribution is 0.0660. The number of amides is 1. The highest BCUT2D eigenvalue weighted by Gasteiger charge is 2.34. The second-order valence-corrected chi connectivity index (χ2v) is 11.8. The van der Waals surface area contributed by atoms with Gasteiger partial charge in [0.2, 0.25) is 0 Å². The van der Waals surface area contributed by atoms with Gasteiger partial charge in [-0.1, -0.05) is 49.6 Å². The first kappa shape index (κ1) is 27.6. The van der Waals surface area contributed by atoms with E-state index in [0.29, 0.717) is 12.0 Å². The van der Waals surface area contributed by atoms with Crippen LogP contribution in [0.1, 0.15) is 71.5 Å². The number of hydrogen-bond acceptors (Lipinski definition) is 5. The molecule has 1 saturated carbocycles. The fraction of sp³-hybridized carbons (Fsp3) is 0.457. The Bertz CT molecular complexity index is 1260. The summed E-state index contributed by atoms with van der Waals surface area (Å²) in [6.45, 7) is 5.84. The molecule has 6 nitrogen and oxygen atoms in total. The number of ether oxygens (including phenoxy) is 2. The van der Waals surface area contributed by atoms with E-state index < -0.39 is 0 Å². The fourth-order valence-electron chi connectivity index (χ4n) is 6.94. The van der Waals surface area contributed by atoms with Crippen LogP contribution in [0.2, 0.25) is 0 Å². The highest BCUT2D eigenvalue weighted by molar-refractivity contribution is 5.99. The number of piperazine rings is 1. The molecular weight excluding hydrogens is 510 g/mol. The van der Waals surface area contributed by atoms with Crippen LogP contribution in [-0.2, 0) is 6.54 Å². The molecule has 0 bridgehead atoms. The molecule has 1 amide bonds. The third-order valence-electron chi connectivity index (χ3n) is 9.45. The number of rotatable bonds is 9. The van der Waals surface area contributed by atoms with E-state index in [1.807, 2.05) is 0 Å². The maximum absolute atomic E-state index is 13.3. The summed E-state index contributed by atoms with van der Waals surface area (Å²) in [4.78, 5) is 20.5. The van der Waals surface area contributed by atoms with Crippen molar-refractivity contribution in [2.45, 2.75) is 57.0 Å². The van der Waals surface area contributed by atoms with Crippen molar-refractivity contribution in [3.05, 3.63) is 89.0 Å². The topological polar surface area (TPSA) is 45.2 Å². The summed E-state index contributed by atoms with van der Waals surface area (Å²) in [7, 11) is 3.42. The van der Waals surface area contributed by atoms with Gasteiger partial charge in [0, 0.05) is 55.9 Å². The van der Waals surface area contributed by atoms with E-state index in [-0.39, 0.29) is 5.91 Å². The molecule has 0 radical (unpaired) electrons. The van der Waals surface area contributed by atoms with Gasteiger partial charge in [0.1, 0.15) is 11.5 Å². The van der Waals surface area contributed by atoms with Crippen molar-refractivity contribution >= 4 is 11.6 Å². The molecule has 1 saturated heterocycles. The van der Waals surface area contributed by atoms with E-state index in [4.69, 9.17) is 9.47 Å². The van der Waals surface area contributed by atoms with Crippen molar-refractivity contribution in [3.8, 4) is 11.5 Å². The summed E-state index contributed by atoms with van der Waals surface area (Å²) in [5.41, 5.74) is 5.93. The molecule has 1 aliphatic carbocycles. The zero-order valence-corrected chi connectivity index (χ0v) is 24.6. The molecule has 0 atom stereocenters. The van der Waals surface area contributed by atoms with Gasteiger partial charge in [-0.05, 0) is 78.9 Å². The van der Waals surface area contributed by atoms with Crippen molar-refractivity contribution < 1.29 is 14.3 Å². The van der Waals surface area contributed by atoms with Gasteiger partial charge < -0.3 is 19.3 Å². The van der Waals surface area contributed by atoms with E-state index in [1.54, 1.807) is 14.2 Å². The van der Waals surface area contributed by atoms with Gasteiger partial charge >= 0.3 is 0 Å². The van der Waals surface area contributed by atoms with Crippen LogP contribution >= 0.6 is 0 Å². The molecule has 3 aromatic rings. The van der Waals surface area contributed by atoms with Crippen LogP contribution in [0.15, 0.2) is 66.7 Å². The van der Waals surface area contributed by atoms with Gasteiger partial charge in [0.05, 0.1) is 14.2 Å². The molecule has 2 aliphatic heterocycles. The Balaban J connectivity index is 1.08. The molecule has 2 heterocycles. The lowest BCUT2D eigenvalue weighted by Gasteiger charge is -2.37. The van der Waals surface area contributed by atoms with Crippen LogP contribution in [0.25, 0.3) is 0 Å². The van der Waals surface area contributed by atoms with Crippen LogP contribution in [0.3, 0.4) is 0 Å². The highest BCUT2D eigenvalue weighted by atomic mass is 16.5. The first-order valence-electron chi connectivity index (χ1n) is 15.3. The number of benzene rings is 3. The van der Waals surface area contributed by atoms with Gasteiger partial charge in [-0.15, -0.1) is 0 Å². The van der Waals surface area contributed by atoms with Gasteiger partial charge in [0.15, 0.2) is 0 Å². The Morgan fingerprint density at radius 2 is 1.39 bits per heavy atom. The molecule has 6 rings (SSSR count). The number of anilines is 1. The van der Waals surface area contributed by atoms with Crippen LogP contribution in [-0.4, -0.2) is 68.7 Å². The maximum Gasteiger partial charge on any atom is 0.254 e. The van der Waals surface area contributed by atoms with Gasteiger partial charge in [-0.2, -0.15) is 0 Å². The van der Waals surface area contributed by atoms with E-state index >= 15 is 0 Å². The summed E-state index contributed by atoms with van der Waals surface area (Å²) >= 11 is 0. The predicted octanol–water partition coefficient (Wildman–Crippen LogP) is 6.34. The number of hydrogen-bond donors (Lipinski definition) is 0. The average Bonchev–Trinajstić information content (AvgIpc) is 3.38. The molecule has 216 valence electrons. The molecule has 2 fully saturated rings. The van der Waals surface area contributed by atoms with Crippen LogP contribution in [0.4, 0.5) is 5.69 Å². The minimum atomic E-state index is 0.246. The molecule has 0 N–H and O–H groups in total. The monoisotopic (exact) mass is 553 g/mol. The lowest BCUT2D eigenvalue weighted by Crippen LogP contribution is -2.46. The lowest BCUT2D eigenvalue weighted by atomic mass is 9.88. The third kappa shape index (κ3) is 6.08. The van der Waals surface area contributed by atoms with Crippen molar-refractivity contribution in [3.63, 3.8) is 0 Å². The van der Waals surface area contributed by atoms with Crippen LogP contribution in [0, 0.1) is 0 Å². The zero-order chi connectivity index (χ0) is 28.2. The number of carbonyl (C=O) groups is 1. The molecule has 41 heavy (non-hydrogen) atoms. The van der Waals surface area contributed by atoms with Crippen molar-refractivity contribution in [2.75, 3.05) is 51.8 Å². The summed E-state index contributed by atoms with van der Waals surface area (Å²) in [6, 6.07) is 24.0. The SMILES string of the molecule is COc1ccc(C(CCN2CCN(c3ccc4c(c3)C(=O)N(C3CCCCC3)C4)CC2)c2ccc(OC)cc2)cc1. The fourth-order valence-corrected chi connectivity index (χ4v) is 6.94. The molecular formula is C35H43N3O3. The highest BCUT2D eigenvalue weighted by Crippen LogP contribution is 2.34. The average molecular weight is 554 g/mol. The number of carbonyl (C=O) groups excluding carboxylic acids is 1. The standard InChI is InChI=1S/C35H43N3O3/c1-40-31-14-9-26(10-15-31)33(27-11-16-32(41-2)17-12-27)18-19-36-20-22-37(23-21-36)30-13-8-28-25-38(35(39)34(28)24-30)29-6-4-3-5-7-29/h8-17,24,29,33H,3-7,18-23,25H2,1-2H3. The Hall–Kier alpha value is -3.51. The largest absolute Gasteiger partial charge is 0.497 e. The molecule has 3 aliphatic rings. The Morgan fingerprint density at radius 3 is 1.98 bits per heavy atom. The van der Waals surface area contributed by atoms with E-state index in [9.17, 15) is 4.79 Å². The number of nitrogens with zero attached hydrogens (tertiary/aromatic N) is 3. The van der Waals surface area contributed by atoms with Crippen LogP contribution < -0.4 is 14.4 Å². The summed E-state index contributed by atoms with van der Waals surface area (Å²) < 4.78 is 10.8. The van der Waals surface area contributed by atoms with E-state index in [1.165, 1.54) is 41.6 Å². The third-order valence-corrected chi connectivity index (χ3v) is 9.45. The first-order chi connectivity index (χ1) is 20.1. The van der Waals surface area contributed by atoms with Crippen molar-refractivity contribution in [1.82, 2.24) is 9.80 Å². The molecule has 0 spiro atoms. The molecule has 3 aromatic carbocycles. The minimum absolute atomic E-state index is 0.246. The molecule has 6 heteroatoms. The Kier molecular flexibility index (Phi) is 8.47. The molecule has 0 aromatic heterocycles. The quantitative estimate of drug-likeness (QED) is 0.310. The van der Waals surface area contributed by atoms with Gasteiger partial charge in [-0.3, -0.25) is 9.69 Å². The number of methoxy groups -OCH3 is 2. The van der Waals surface area contributed by atoms with Crippen molar-refractivity contribution in [2.24, 2.45) is 0 Å². The van der Waals surface area contributed by atoms with E-state index in [0.717, 1.165) is 75.6 Å². The maximum atomic E-state index is 13.3. The van der Waals surface area contributed by atoms with Gasteiger partial charge in [0.25, 0.3) is 5.91 Å². The van der Waals surface area contributed by atoms with Crippen molar-refractivity contribution in [1.29, 1.82) is 0 Å². The summed E-state index contributed by atoms with van der Waals surface area (Å²) in [5, 5.41) is 0. The zero-order valence-electron chi connectivity index (χ0n) is 24.6. The smallest absolute Gasteiger partial charge is 0.254 e. The van der Waals surface area contributed by atoms with Gasteiger partial charge in [-0.25, -0.2) is 0 Å². The second kappa shape index (κ2) is 12.6. The predicted molar refractivity (Wildman–Crippen MR) is 164 cm³/mol. The first-order valence-corrected chi connectivity index (χ1v) is 15.3. The summed E-state index contributed by atoms with van der Waals surface area (Å²) in [6.07, 6.45) is 7.18. The minimum Gasteiger partial charge on any atom is -0.497 e. The number of fused-ring (bicyclic) bond motifs is 1.